The number of likely N-dealkylation sites (tertiary alicyclic amines) is 1. The second kappa shape index (κ2) is 24.5. The largest absolute Gasteiger partial charge is 0.492 e. The van der Waals surface area contributed by atoms with Gasteiger partial charge < -0.3 is 40.0 Å². The highest BCUT2D eigenvalue weighted by Gasteiger charge is 2.64. The van der Waals surface area contributed by atoms with Gasteiger partial charge in [-0.25, -0.2) is 4.98 Å². The summed E-state index contributed by atoms with van der Waals surface area (Å²) >= 11 is 7.86. The quantitative estimate of drug-likeness (QED) is 0.0570. The molecular weight excluding hydrogens is 1020 g/mol. The number of hydrogen-bond acceptors (Lipinski definition) is 14. The first-order valence-electron chi connectivity index (χ1n) is 27.2. The fraction of sp³-hybridized carbons (Fsp3) is 0.576. The number of aromatic nitrogens is 1. The Kier molecular flexibility index (Phi) is 18.4. The molecule has 2 saturated heterocycles. The minimum Gasteiger partial charge on any atom is -0.492 e. The van der Waals surface area contributed by atoms with Gasteiger partial charge >= 0.3 is 0 Å². The van der Waals surface area contributed by atoms with Gasteiger partial charge in [0.2, 0.25) is 17.7 Å². The van der Waals surface area contributed by atoms with E-state index in [0.717, 1.165) is 91.4 Å². The molecule has 0 spiro atoms. The second-order valence-corrected chi connectivity index (χ2v) is 25.0. The number of carbonyl (C=O) groups is 3. The maximum atomic E-state index is 14.4. The van der Waals surface area contributed by atoms with E-state index in [-0.39, 0.29) is 66.6 Å². The SMILES string of the molecule is Cc1ncsc1-c1ccc([C@H](C)NC(=O)[C@@H]2C[C@@H](O)CN2C(=O)C(NC(=O)CO[C@H]2CCCC[C@@H]2N2CCN(CCOc3ccc(C(O)N[C@H]4C(C)(C)[C@H](Oc5ccc(C#N)c(Cl)c5)C4(C)C)cc3)CC2)C(C)(C)C)cc1. The normalized spacial score (nSPS) is 24.7. The van der Waals surface area contributed by atoms with Gasteiger partial charge in [-0.15, -0.1) is 11.3 Å². The average molecular weight is 1100 g/mol. The first-order chi connectivity index (χ1) is 36.5. The van der Waals surface area contributed by atoms with Gasteiger partial charge in [-0.3, -0.25) is 29.5 Å². The number of aliphatic hydroxyl groups is 2. The smallest absolute Gasteiger partial charge is 0.246 e. The number of benzene rings is 3. The van der Waals surface area contributed by atoms with Crippen LogP contribution in [0.4, 0.5) is 0 Å². The maximum Gasteiger partial charge on any atom is 0.246 e. The Morgan fingerprint density at radius 3 is 2.23 bits per heavy atom. The lowest BCUT2D eigenvalue weighted by Gasteiger charge is -2.63. The number of aryl methyl sites for hydroxylation is 1. The minimum atomic E-state index is -0.953. The summed E-state index contributed by atoms with van der Waals surface area (Å²) < 4.78 is 19.0. The van der Waals surface area contributed by atoms with Crippen molar-refractivity contribution in [1.29, 1.82) is 5.26 Å². The topological polar surface area (TPSA) is 202 Å². The number of nitrogens with one attached hydrogen (secondary N) is 3. The fourth-order valence-electron chi connectivity index (χ4n) is 12.4. The molecule has 2 aliphatic heterocycles. The summed E-state index contributed by atoms with van der Waals surface area (Å²) in [7, 11) is 0. The number of amides is 3. The Hall–Kier alpha value is -5.16. The van der Waals surface area contributed by atoms with Crippen LogP contribution in [0.2, 0.25) is 5.02 Å². The molecule has 8 rings (SSSR count). The summed E-state index contributed by atoms with van der Waals surface area (Å²) in [6.07, 6.45) is 1.98. The van der Waals surface area contributed by atoms with E-state index in [1.807, 2.05) is 88.7 Å². The van der Waals surface area contributed by atoms with Crippen LogP contribution in [-0.4, -0.2) is 143 Å². The molecule has 3 heterocycles. The van der Waals surface area contributed by atoms with Crippen LogP contribution in [0.1, 0.15) is 122 Å². The molecular formula is C59H79ClN8O8S. The average Bonchev–Trinajstić information content (AvgIpc) is 4.04. The maximum absolute atomic E-state index is 14.4. The number of halogens is 1. The molecule has 0 radical (unpaired) electrons. The lowest BCUT2D eigenvalue weighted by molar-refractivity contribution is -0.179. The van der Waals surface area contributed by atoms with Crippen LogP contribution in [0.15, 0.2) is 72.2 Å². The highest BCUT2D eigenvalue weighted by Crippen LogP contribution is 2.56. The first-order valence-corrected chi connectivity index (χ1v) is 28.5. The van der Waals surface area contributed by atoms with E-state index in [4.69, 9.17) is 25.8 Å². The zero-order valence-corrected chi connectivity index (χ0v) is 47.8. The standard InChI is InChI=1S/C59H79ClN8O8S/c1-36(38-14-16-39(17-15-38)50-37(2)62-35-77-50)63-53(72)47-30-42(69)33-68(47)54(73)51(57(3,4)5)64-49(70)34-75-48-13-11-10-12-46(48)67-26-24-66(25-27-67)28-29-74-43-21-18-40(19-22-43)52(71)65-55-58(6,7)56(59(55,8)9)76-44-23-20-41(32-61)45(60)31-44/h14-23,31,35-36,42,46-48,51-52,55-56,65,69,71H,10-13,24-30,33-34H2,1-9H3,(H,63,72)(H,64,70)/t36-,42+,46-,47-,48-,51?,52?,55-,56-/m0/s1. The van der Waals surface area contributed by atoms with Crippen LogP contribution >= 0.6 is 22.9 Å². The van der Waals surface area contributed by atoms with E-state index in [9.17, 15) is 29.9 Å². The van der Waals surface area contributed by atoms with Gasteiger partial charge in [-0.1, -0.05) is 109 Å². The van der Waals surface area contributed by atoms with E-state index >= 15 is 0 Å². The first kappa shape index (κ1) is 58.0. The molecule has 1 aromatic heterocycles. The molecule has 0 bridgehead atoms. The molecule has 16 nitrogen and oxygen atoms in total. The molecule has 4 fully saturated rings. The monoisotopic (exact) mass is 1090 g/mol. The molecule has 2 unspecified atom stereocenters. The molecule has 7 atom stereocenters. The molecule has 3 amide bonds. The van der Waals surface area contributed by atoms with Crippen LogP contribution in [0, 0.1) is 34.5 Å². The zero-order valence-electron chi connectivity index (χ0n) is 46.2. The second-order valence-electron chi connectivity index (χ2n) is 23.8. The van der Waals surface area contributed by atoms with Crippen molar-refractivity contribution in [3.8, 4) is 28.0 Å². The van der Waals surface area contributed by atoms with Gasteiger partial charge in [0.15, 0.2) is 0 Å². The van der Waals surface area contributed by atoms with Crippen molar-refractivity contribution in [1.82, 2.24) is 35.6 Å². The van der Waals surface area contributed by atoms with E-state index in [1.54, 1.807) is 29.5 Å². The van der Waals surface area contributed by atoms with Gasteiger partial charge in [0.1, 0.15) is 55.2 Å². The number of hydrogen-bond donors (Lipinski definition) is 5. The summed E-state index contributed by atoms with van der Waals surface area (Å²) in [5.74, 6) is 0.182. The summed E-state index contributed by atoms with van der Waals surface area (Å²) in [6, 6.07) is 20.7. The molecule has 3 aromatic carbocycles. The van der Waals surface area contributed by atoms with Crippen LogP contribution in [0.3, 0.4) is 0 Å². The van der Waals surface area contributed by atoms with E-state index in [0.29, 0.717) is 22.9 Å². The summed E-state index contributed by atoms with van der Waals surface area (Å²) in [6.45, 7) is 22.6. The Morgan fingerprint density at radius 2 is 1.60 bits per heavy atom. The Bertz CT molecular complexity index is 2700. The Morgan fingerprint density at radius 1 is 0.935 bits per heavy atom. The van der Waals surface area contributed by atoms with E-state index in [2.05, 4.69) is 64.5 Å². The molecule has 77 heavy (non-hydrogen) atoms. The number of thiazole rings is 1. The molecule has 416 valence electrons. The summed E-state index contributed by atoms with van der Waals surface area (Å²) in [5.41, 5.74) is 4.55. The third-order valence-corrected chi connectivity index (χ3v) is 17.7. The predicted molar refractivity (Wildman–Crippen MR) is 298 cm³/mol. The van der Waals surface area contributed by atoms with Crippen LogP contribution in [0.25, 0.3) is 10.4 Å². The third-order valence-electron chi connectivity index (χ3n) is 16.4. The Balaban J connectivity index is 0.763. The summed E-state index contributed by atoms with van der Waals surface area (Å²) in [4.78, 5) is 53.7. The number of nitrogens with zero attached hydrogens (tertiary/aromatic N) is 5. The highest BCUT2D eigenvalue weighted by atomic mass is 35.5. The number of rotatable bonds is 19. The zero-order chi connectivity index (χ0) is 55.4. The fourth-order valence-corrected chi connectivity index (χ4v) is 13.4. The molecule has 4 aromatic rings. The number of ether oxygens (including phenoxy) is 3. The molecule has 2 saturated carbocycles. The third kappa shape index (κ3) is 13.5. The number of nitriles is 1. The lowest BCUT2D eigenvalue weighted by atomic mass is 9.49. The van der Waals surface area contributed by atoms with Crippen molar-refractivity contribution in [3.05, 3.63) is 99.6 Å². The van der Waals surface area contributed by atoms with Crippen molar-refractivity contribution in [2.75, 3.05) is 52.5 Å². The number of aliphatic hydroxyl groups excluding tert-OH is 2. The van der Waals surface area contributed by atoms with Gasteiger partial charge in [-0.2, -0.15) is 5.26 Å². The van der Waals surface area contributed by atoms with Crippen LogP contribution < -0.4 is 25.4 Å². The van der Waals surface area contributed by atoms with Gasteiger partial charge in [-0.05, 0) is 73.1 Å². The summed E-state index contributed by atoms with van der Waals surface area (Å²) in [5, 5.41) is 41.2. The lowest BCUT2D eigenvalue weighted by Crippen LogP contribution is -2.74. The number of β-amino-alcohol motifs (C(OH)–C–C–N with tert-alkyl or cyclic N) is 1. The number of carbonyl (C=O) groups excluding carboxylic acids is 3. The molecule has 4 aliphatic rings. The van der Waals surface area contributed by atoms with Crippen LogP contribution in [0.5, 0.6) is 11.5 Å². The van der Waals surface area contributed by atoms with Crippen molar-refractivity contribution in [2.24, 2.45) is 16.2 Å². The van der Waals surface area contributed by atoms with E-state index in [1.165, 1.54) is 4.90 Å². The van der Waals surface area contributed by atoms with Gasteiger partial charge in [0.25, 0.3) is 0 Å². The van der Waals surface area contributed by atoms with Gasteiger partial charge in [0.05, 0.1) is 44.9 Å². The molecule has 5 N–H and O–H groups in total. The van der Waals surface area contributed by atoms with Crippen molar-refractivity contribution in [3.63, 3.8) is 0 Å². The molecule has 2 aliphatic carbocycles. The van der Waals surface area contributed by atoms with Crippen molar-refractivity contribution in [2.45, 2.75) is 149 Å². The van der Waals surface area contributed by atoms with Crippen molar-refractivity contribution < 1.29 is 38.8 Å². The van der Waals surface area contributed by atoms with Gasteiger partial charge in [0, 0.05) is 74.7 Å². The van der Waals surface area contributed by atoms with E-state index < -0.39 is 41.6 Å². The predicted octanol–water partition coefficient (Wildman–Crippen LogP) is 7.80. The molecule has 18 heteroatoms. The Labute approximate surface area is 463 Å². The number of piperazine rings is 1. The van der Waals surface area contributed by atoms with Crippen molar-refractivity contribution >= 4 is 40.7 Å². The minimum absolute atomic E-state index is 0.00573. The highest BCUT2D eigenvalue weighted by molar-refractivity contribution is 7.13. The van der Waals surface area contributed by atoms with Crippen LogP contribution in [-0.2, 0) is 19.1 Å².